The molecule has 1 aromatic rings. The fourth-order valence-corrected chi connectivity index (χ4v) is 5.46. The Morgan fingerprint density at radius 1 is 1.16 bits per heavy atom. The standard InChI is InChI=1S/C14H22BNO2.C10H11F3N4.C2H6/c15-14(17,12-6-13(4-5-13)9-18-12)16-7-10-2-1-3-11(10)8-16;11-10(12,13)9-6(2-1-5-17-9)7(14)3-4-8(15)16;1-2/h10-12,17H,1-9H2;1-5H,14-16H2;1-2H3/b;7-3-;. The molecule has 4 unspecified atom stereocenters. The van der Waals surface area contributed by atoms with Crippen LogP contribution in [0.1, 0.15) is 63.6 Å². The SMILES string of the molecule is CC.NC(N)=C/C=C(\N)c1cccnc1C(F)(F)F.[B]C(O)(C1CC2(CC2)CO1)N1CC2CCCC2C1. The molecule has 2 aliphatic heterocycles. The van der Waals surface area contributed by atoms with Gasteiger partial charge in [-0.2, -0.15) is 13.2 Å². The average molecular weight is 521 g/mol. The minimum atomic E-state index is -4.56. The van der Waals surface area contributed by atoms with E-state index in [9.17, 15) is 18.3 Å². The van der Waals surface area contributed by atoms with E-state index in [0.717, 1.165) is 44.1 Å². The summed E-state index contributed by atoms with van der Waals surface area (Å²) in [5, 5.41) is 10.7. The highest BCUT2D eigenvalue weighted by molar-refractivity contribution is 6.14. The molecule has 4 atom stereocenters. The van der Waals surface area contributed by atoms with E-state index in [0.29, 0.717) is 5.41 Å². The van der Waals surface area contributed by atoms with Gasteiger partial charge in [-0.3, -0.25) is 9.88 Å². The van der Waals surface area contributed by atoms with E-state index >= 15 is 0 Å². The van der Waals surface area contributed by atoms with Crippen LogP contribution in [0, 0.1) is 17.3 Å². The smallest absolute Gasteiger partial charge is 0.398 e. The second kappa shape index (κ2) is 11.7. The molecular formula is C26H39BF3N5O2. The molecule has 2 radical (unpaired) electrons. The number of ether oxygens (including phenoxy) is 1. The van der Waals surface area contributed by atoms with Crippen molar-refractivity contribution in [3.8, 4) is 0 Å². The van der Waals surface area contributed by atoms with E-state index < -0.39 is 17.5 Å². The number of allylic oxidation sites excluding steroid dienone is 2. The maximum Gasteiger partial charge on any atom is 0.434 e. The Balaban J connectivity index is 0.000000193. The van der Waals surface area contributed by atoms with Crippen molar-refractivity contribution in [3.63, 3.8) is 0 Å². The highest BCUT2D eigenvalue weighted by Gasteiger charge is 2.55. The maximum atomic E-state index is 12.6. The van der Waals surface area contributed by atoms with Crippen LogP contribution in [-0.2, 0) is 10.9 Å². The van der Waals surface area contributed by atoms with Crippen LogP contribution in [-0.4, -0.2) is 54.3 Å². The third kappa shape index (κ3) is 7.00. The predicted octanol–water partition coefficient (Wildman–Crippen LogP) is 3.29. The van der Waals surface area contributed by atoms with Crippen molar-refractivity contribution in [2.24, 2.45) is 34.5 Å². The second-order valence-electron chi connectivity index (χ2n) is 10.3. The fourth-order valence-electron chi connectivity index (χ4n) is 5.46. The van der Waals surface area contributed by atoms with Crippen LogP contribution >= 0.6 is 0 Å². The summed E-state index contributed by atoms with van der Waals surface area (Å²) in [5.74, 6) is 1.47. The van der Waals surface area contributed by atoms with Gasteiger partial charge in [0.25, 0.3) is 0 Å². The summed E-state index contributed by atoms with van der Waals surface area (Å²) in [4.78, 5) is 5.36. The number of likely N-dealkylation sites (tertiary alicyclic amines) is 1. The van der Waals surface area contributed by atoms with Gasteiger partial charge >= 0.3 is 6.18 Å². The molecule has 7 nitrogen and oxygen atoms in total. The molecule has 1 spiro atoms. The van der Waals surface area contributed by atoms with Crippen molar-refractivity contribution < 1.29 is 23.0 Å². The summed E-state index contributed by atoms with van der Waals surface area (Å²) in [6, 6.07) is 2.59. The molecule has 37 heavy (non-hydrogen) atoms. The summed E-state index contributed by atoms with van der Waals surface area (Å²) < 4.78 is 43.6. The molecular weight excluding hydrogens is 482 g/mol. The first-order chi connectivity index (χ1) is 17.4. The molecule has 2 aliphatic carbocycles. The number of halogens is 3. The average Bonchev–Trinajstić information content (AvgIpc) is 3.17. The quantitative estimate of drug-likeness (QED) is 0.354. The molecule has 7 N–H and O–H groups in total. The molecule has 5 rings (SSSR count). The molecule has 4 fully saturated rings. The molecule has 3 heterocycles. The van der Waals surface area contributed by atoms with E-state index in [1.807, 2.05) is 13.8 Å². The summed E-state index contributed by atoms with van der Waals surface area (Å²) in [6.45, 7) is 6.73. The topological polar surface area (TPSA) is 124 Å². The number of aromatic nitrogens is 1. The maximum absolute atomic E-state index is 12.6. The number of hydrogen-bond acceptors (Lipinski definition) is 7. The van der Waals surface area contributed by atoms with E-state index in [-0.39, 0.29) is 23.2 Å². The molecule has 2 saturated heterocycles. The lowest BCUT2D eigenvalue weighted by molar-refractivity contribution is -0.141. The van der Waals surface area contributed by atoms with Gasteiger partial charge in [-0.1, -0.05) is 20.3 Å². The molecule has 4 aliphatic rings. The third-order valence-electron chi connectivity index (χ3n) is 7.72. The zero-order chi connectivity index (χ0) is 27.4. The number of pyridine rings is 1. The Hall–Kier alpha value is -2.24. The number of fused-ring (bicyclic) bond motifs is 1. The summed E-state index contributed by atoms with van der Waals surface area (Å²) in [5.41, 5.74) is 13.6. The van der Waals surface area contributed by atoms with Crippen LogP contribution < -0.4 is 17.2 Å². The fraction of sp³-hybridized carbons (Fsp3) is 0.654. The van der Waals surface area contributed by atoms with E-state index in [1.165, 1.54) is 56.4 Å². The van der Waals surface area contributed by atoms with Crippen molar-refractivity contribution in [1.82, 2.24) is 9.88 Å². The van der Waals surface area contributed by atoms with Crippen LogP contribution in [0.2, 0.25) is 0 Å². The lowest BCUT2D eigenvalue weighted by Crippen LogP contribution is -2.56. The van der Waals surface area contributed by atoms with Crippen LogP contribution in [0.4, 0.5) is 13.2 Å². The molecule has 2 saturated carbocycles. The van der Waals surface area contributed by atoms with Crippen LogP contribution in [0.15, 0.2) is 36.3 Å². The van der Waals surface area contributed by atoms with Gasteiger partial charge in [-0.25, -0.2) is 0 Å². The van der Waals surface area contributed by atoms with E-state index in [2.05, 4.69) is 9.88 Å². The predicted molar refractivity (Wildman–Crippen MR) is 138 cm³/mol. The Labute approximate surface area is 218 Å². The van der Waals surface area contributed by atoms with Gasteiger partial charge in [-0.15, -0.1) is 0 Å². The summed E-state index contributed by atoms with van der Waals surface area (Å²) in [6.07, 6.45) is 6.15. The summed E-state index contributed by atoms with van der Waals surface area (Å²) >= 11 is 0. The van der Waals surface area contributed by atoms with Crippen molar-refractivity contribution in [1.29, 1.82) is 0 Å². The van der Waals surface area contributed by atoms with E-state index in [1.54, 1.807) is 0 Å². The third-order valence-corrected chi connectivity index (χ3v) is 7.72. The zero-order valence-electron chi connectivity index (χ0n) is 21.7. The van der Waals surface area contributed by atoms with Crippen molar-refractivity contribution >= 4 is 13.5 Å². The molecule has 0 amide bonds. The van der Waals surface area contributed by atoms with Gasteiger partial charge in [0.2, 0.25) is 0 Å². The number of alkyl halides is 3. The number of aliphatic hydroxyl groups is 1. The molecule has 0 bridgehead atoms. The van der Waals surface area contributed by atoms with Gasteiger partial charge < -0.3 is 27.0 Å². The highest BCUT2D eigenvalue weighted by Crippen LogP contribution is 2.55. The van der Waals surface area contributed by atoms with Gasteiger partial charge in [-0.05, 0) is 73.6 Å². The van der Waals surface area contributed by atoms with Crippen molar-refractivity contribution in [3.05, 3.63) is 47.6 Å². The number of nitrogens with zero attached hydrogens (tertiary/aromatic N) is 2. The minimum absolute atomic E-state index is 0.0506. The number of nitrogens with two attached hydrogens (primary N) is 3. The van der Waals surface area contributed by atoms with Gasteiger partial charge in [0.05, 0.1) is 24.2 Å². The highest BCUT2D eigenvalue weighted by atomic mass is 19.4. The first-order valence-electron chi connectivity index (χ1n) is 13.0. The first kappa shape index (κ1) is 29.3. The monoisotopic (exact) mass is 521 g/mol. The van der Waals surface area contributed by atoms with Crippen LogP contribution in [0.25, 0.3) is 5.70 Å². The Morgan fingerprint density at radius 2 is 1.78 bits per heavy atom. The zero-order valence-corrected chi connectivity index (χ0v) is 21.7. The lowest BCUT2D eigenvalue weighted by atomic mass is 9.80. The lowest BCUT2D eigenvalue weighted by Gasteiger charge is -2.39. The van der Waals surface area contributed by atoms with Crippen LogP contribution in [0.3, 0.4) is 0 Å². The largest absolute Gasteiger partial charge is 0.434 e. The Kier molecular flexibility index (Phi) is 9.24. The van der Waals surface area contributed by atoms with Crippen molar-refractivity contribution in [2.45, 2.75) is 70.3 Å². The first-order valence-corrected chi connectivity index (χ1v) is 13.0. The van der Waals surface area contributed by atoms with Crippen molar-refractivity contribution in [2.75, 3.05) is 19.7 Å². The molecule has 0 aromatic carbocycles. The minimum Gasteiger partial charge on any atom is -0.398 e. The van der Waals surface area contributed by atoms with Crippen LogP contribution in [0.5, 0.6) is 0 Å². The molecule has 204 valence electrons. The number of rotatable bonds is 4. The van der Waals surface area contributed by atoms with Gasteiger partial charge in [0.1, 0.15) is 7.85 Å². The number of hydrogen-bond donors (Lipinski definition) is 4. The normalized spacial score (nSPS) is 27.8. The second-order valence-corrected chi connectivity index (χ2v) is 10.3. The molecule has 11 heteroatoms. The Morgan fingerprint density at radius 3 is 2.30 bits per heavy atom. The summed E-state index contributed by atoms with van der Waals surface area (Å²) in [7, 11) is 6.24. The van der Waals surface area contributed by atoms with Gasteiger partial charge in [0.15, 0.2) is 5.69 Å². The Bertz CT molecular complexity index is 965. The van der Waals surface area contributed by atoms with Gasteiger partial charge in [0, 0.05) is 30.5 Å². The molecule has 1 aromatic heterocycles. The van der Waals surface area contributed by atoms with E-state index in [4.69, 9.17) is 29.8 Å².